The van der Waals surface area contributed by atoms with Crippen molar-refractivity contribution in [2.45, 2.75) is 45.2 Å². The molecule has 2 aliphatic rings. The molecular weight excluding hydrogens is 232 g/mol. The standard InChI is InChI=1S/C13H26N2OS/c1-13(2,3)14-10-11-4-5-12(11)15-6-8-17(16)9-7-15/h11-12,14H,4-10H2,1-3H3. The molecule has 2 rings (SSSR count). The Labute approximate surface area is 108 Å². The summed E-state index contributed by atoms with van der Waals surface area (Å²) >= 11 is 0. The van der Waals surface area contributed by atoms with Crippen LogP contribution in [0.1, 0.15) is 33.6 Å². The topological polar surface area (TPSA) is 32.3 Å². The lowest BCUT2D eigenvalue weighted by molar-refractivity contribution is 0.0657. The van der Waals surface area contributed by atoms with Gasteiger partial charge in [0.25, 0.3) is 0 Å². The van der Waals surface area contributed by atoms with Gasteiger partial charge in [-0.1, -0.05) is 0 Å². The number of hydrogen-bond donors (Lipinski definition) is 1. The molecule has 0 radical (unpaired) electrons. The van der Waals surface area contributed by atoms with Crippen LogP contribution in [0.2, 0.25) is 0 Å². The molecule has 3 nitrogen and oxygen atoms in total. The number of nitrogens with zero attached hydrogens (tertiary/aromatic N) is 1. The molecule has 1 aliphatic carbocycles. The van der Waals surface area contributed by atoms with Crippen LogP contribution in [0, 0.1) is 5.92 Å². The van der Waals surface area contributed by atoms with Gasteiger partial charge in [-0.2, -0.15) is 0 Å². The van der Waals surface area contributed by atoms with E-state index in [1.165, 1.54) is 12.8 Å². The van der Waals surface area contributed by atoms with Gasteiger partial charge in [0, 0.05) is 47.0 Å². The van der Waals surface area contributed by atoms with Crippen LogP contribution in [-0.2, 0) is 10.8 Å². The maximum absolute atomic E-state index is 11.3. The van der Waals surface area contributed by atoms with Gasteiger partial charge in [0.05, 0.1) is 0 Å². The van der Waals surface area contributed by atoms with Gasteiger partial charge in [-0.15, -0.1) is 0 Å². The maximum atomic E-state index is 11.3. The molecule has 0 aromatic carbocycles. The average Bonchev–Trinajstić information content (AvgIpc) is 2.18. The molecule has 1 heterocycles. The highest BCUT2D eigenvalue weighted by Crippen LogP contribution is 2.32. The fraction of sp³-hybridized carbons (Fsp3) is 1.00. The lowest BCUT2D eigenvalue weighted by Gasteiger charge is -2.46. The SMILES string of the molecule is CC(C)(C)NCC1CCC1N1CCS(=O)CC1. The Morgan fingerprint density at radius 2 is 1.88 bits per heavy atom. The first-order chi connectivity index (χ1) is 7.96. The van der Waals surface area contributed by atoms with Crippen LogP contribution in [0.25, 0.3) is 0 Å². The molecular formula is C13H26N2OS. The molecule has 2 fully saturated rings. The van der Waals surface area contributed by atoms with Crippen molar-refractivity contribution in [1.29, 1.82) is 0 Å². The summed E-state index contributed by atoms with van der Waals surface area (Å²) in [6.07, 6.45) is 2.69. The van der Waals surface area contributed by atoms with Crippen molar-refractivity contribution in [1.82, 2.24) is 10.2 Å². The Kier molecular flexibility index (Phi) is 4.26. The fourth-order valence-electron chi connectivity index (χ4n) is 2.69. The second-order valence-electron chi connectivity index (χ2n) is 6.42. The zero-order chi connectivity index (χ0) is 12.5. The summed E-state index contributed by atoms with van der Waals surface area (Å²) in [6.45, 7) is 9.90. The second kappa shape index (κ2) is 5.37. The molecule has 1 aliphatic heterocycles. The van der Waals surface area contributed by atoms with Gasteiger partial charge in [0.1, 0.15) is 0 Å². The molecule has 0 bridgehead atoms. The first-order valence-corrected chi connectivity index (χ1v) is 8.28. The van der Waals surface area contributed by atoms with Crippen LogP contribution < -0.4 is 5.32 Å². The normalized spacial score (nSPS) is 32.4. The Bertz CT molecular complexity index is 278. The summed E-state index contributed by atoms with van der Waals surface area (Å²) < 4.78 is 11.3. The number of rotatable bonds is 3. The molecule has 0 spiro atoms. The van der Waals surface area contributed by atoms with Gasteiger partial charge >= 0.3 is 0 Å². The molecule has 4 heteroatoms. The molecule has 0 aromatic rings. The molecule has 2 atom stereocenters. The average molecular weight is 258 g/mol. The summed E-state index contributed by atoms with van der Waals surface area (Å²) in [7, 11) is -0.542. The van der Waals surface area contributed by atoms with Crippen LogP contribution >= 0.6 is 0 Å². The van der Waals surface area contributed by atoms with Crippen LogP contribution in [0.15, 0.2) is 0 Å². The van der Waals surface area contributed by atoms with E-state index >= 15 is 0 Å². The molecule has 1 saturated heterocycles. The summed E-state index contributed by atoms with van der Waals surface area (Å²) in [4.78, 5) is 2.57. The quantitative estimate of drug-likeness (QED) is 0.826. The van der Waals surface area contributed by atoms with Gasteiger partial charge in [0.2, 0.25) is 0 Å². The number of nitrogens with one attached hydrogen (secondary N) is 1. The molecule has 1 N–H and O–H groups in total. The van der Waals surface area contributed by atoms with Crippen molar-refractivity contribution in [3.63, 3.8) is 0 Å². The van der Waals surface area contributed by atoms with Crippen molar-refractivity contribution in [2.24, 2.45) is 5.92 Å². The number of hydrogen-bond acceptors (Lipinski definition) is 3. The third-order valence-corrected chi connectivity index (χ3v) is 5.23. The molecule has 100 valence electrons. The van der Waals surface area contributed by atoms with Crippen molar-refractivity contribution >= 4 is 10.8 Å². The lowest BCUT2D eigenvalue weighted by atomic mass is 9.78. The van der Waals surface area contributed by atoms with Crippen LogP contribution in [0.4, 0.5) is 0 Å². The van der Waals surface area contributed by atoms with E-state index in [1.807, 2.05) is 0 Å². The van der Waals surface area contributed by atoms with E-state index in [0.717, 1.165) is 43.1 Å². The minimum absolute atomic E-state index is 0.226. The highest BCUT2D eigenvalue weighted by atomic mass is 32.2. The smallest absolute Gasteiger partial charge is 0.0363 e. The van der Waals surface area contributed by atoms with Gasteiger partial charge < -0.3 is 5.32 Å². The first-order valence-electron chi connectivity index (χ1n) is 6.80. The van der Waals surface area contributed by atoms with Crippen LogP contribution in [-0.4, -0.2) is 51.8 Å². The van der Waals surface area contributed by atoms with E-state index < -0.39 is 10.8 Å². The van der Waals surface area contributed by atoms with Gasteiger partial charge in [-0.25, -0.2) is 0 Å². The Morgan fingerprint density at radius 3 is 2.35 bits per heavy atom. The minimum Gasteiger partial charge on any atom is -0.312 e. The zero-order valence-electron chi connectivity index (χ0n) is 11.4. The Morgan fingerprint density at radius 1 is 1.24 bits per heavy atom. The Hall–Kier alpha value is 0.0700. The Balaban J connectivity index is 1.76. The maximum Gasteiger partial charge on any atom is 0.0363 e. The third-order valence-electron chi connectivity index (χ3n) is 3.95. The molecule has 1 saturated carbocycles. The zero-order valence-corrected chi connectivity index (χ0v) is 12.2. The summed E-state index contributed by atoms with van der Waals surface area (Å²) in [5, 5.41) is 3.61. The first kappa shape index (κ1) is 13.5. The predicted octanol–water partition coefficient (Wildman–Crippen LogP) is 1.22. The van der Waals surface area contributed by atoms with Crippen molar-refractivity contribution in [3.8, 4) is 0 Å². The molecule has 17 heavy (non-hydrogen) atoms. The van der Waals surface area contributed by atoms with Crippen molar-refractivity contribution < 1.29 is 4.21 Å². The van der Waals surface area contributed by atoms with Gasteiger partial charge in [-0.3, -0.25) is 9.11 Å². The minimum atomic E-state index is -0.542. The summed E-state index contributed by atoms with van der Waals surface area (Å²) in [5.74, 6) is 2.58. The van der Waals surface area contributed by atoms with E-state index in [9.17, 15) is 4.21 Å². The largest absolute Gasteiger partial charge is 0.312 e. The third kappa shape index (κ3) is 3.76. The van der Waals surface area contributed by atoms with Crippen LogP contribution in [0.3, 0.4) is 0 Å². The van der Waals surface area contributed by atoms with Crippen molar-refractivity contribution in [2.75, 3.05) is 31.1 Å². The van der Waals surface area contributed by atoms with E-state index in [-0.39, 0.29) is 5.54 Å². The highest BCUT2D eigenvalue weighted by molar-refractivity contribution is 7.85. The molecule has 0 amide bonds. The van der Waals surface area contributed by atoms with Crippen LogP contribution in [0.5, 0.6) is 0 Å². The predicted molar refractivity (Wildman–Crippen MR) is 73.7 cm³/mol. The second-order valence-corrected chi connectivity index (χ2v) is 8.12. The van der Waals surface area contributed by atoms with Crippen molar-refractivity contribution in [3.05, 3.63) is 0 Å². The van der Waals surface area contributed by atoms with E-state index in [1.54, 1.807) is 0 Å². The monoisotopic (exact) mass is 258 g/mol. The van der Waals surface area contributed by atoms with E-state index in [2.05, 4.69) is 31.0 Å². The lowest BCUT2D eigenvalue weighted by Crippen LogP contribution is -2.55. The van der Waals surface area contributed by atoms with E-state index in [4.69, 9.17) is 0 Å². The molecule has 2 unspecified atom stereocenters. The van der Waals surface area contributed by atoms with E-state index in [0.29, 0.717) is 0 Å². The van der Waals surface area contributed by atoms with Gasteiger partial charge in [0.15, 0.2) is 0 Å². The van der Waals surface area contributed by atoms with Gasteiger partial charge in [-0.05, 0) is 46.1 Å². The highest BCUT2D eigenvalue weighted by Gasteiger charge is 2.36. The summed E-state index contributed by atoms with van der Waals surface area (Å²) in [6, 6.07) is 0.752. The summed E-state index contributed by atoms with van der Waals surface area (Å²) in [5.41, 5.74) is 0.226. The molecule has 0 aromatic heterocycles. The fourth-order valence-corrected chi connectivity index (χ4v) is 3.77.